The Morgan fingerprint density at radius 3 is 2.47 bits per heavy atom. The zero-order valence-electron chi connectivity index (χ0n) is 33.3. The van der Waals surface area contributed by atoms with Crippen molar-refractivity contribution in [2.24, 2.45) is 0 Å². The summed E-state index contributed by atoms with van der Waals surface area (Å²) < 4.78 is 58.0. The largest absolute Gasteiger partial charge is 0.497 e. The fourth-order valence-corrected chi connectivity index (χ4v) is 8.45. The van der Waals surface area contributed by atoms with E-state index in [0.29, 0.717) is 48.3 Å². The predicted molar refractivity (Wildman–Crippen MR) is 225 cm³/mol. The number of carbonyl (C=O) groups excluding carboxylic acids is 1. The van der Waals surface area contributed by atoms with Gasteiger partial charge in [0.2, 0.25) is 0 Å². The molecule has 1 unspecified atom stereocenters. The number of methoxy groups -OCH3 is 1. The maximum absolute atomic E-state index is 13.4. The Morgan fingerprint density at radius 1 is 0.915 bits per heavy atom. The number of aryl methyl sites for hydroxylation is 2. The summed E-state index contributed by atoms with van der Waals surface area (Å²) in [7, 11) is -2.51. The number of halogens is 1. The smallest absolute Gasteiger partial charge is 0.385 e. The number of hydrogen-bond acceptors (Lipinski definition) is 10. The van der Waals surface area contributed by atoms with Crippen LogP contribution in [0.2, 0.25) is 5.02 Å². The minimum Gasteiger partial charge on any atom is -0.497 e. The average molecular weight is 839 g/mol. The van der Waals surface area contributed by atoms with Gasteiger partial charge in [0, 0.05) is 42.7 Å². The Bertz CT molecular complexity index is 2500. The summed E-state index contributed by atoms with van der Waals surface area (Å²) in [6.45, 7) is 6.17. The summed E-state index contributed by atoms with van der Waals surface area (Å²) in [5.41, 5.74) is 7.48. The average Bonchev–Trinajstić information content (AvgIpc) is 3.66. The van der Waals surface area contributed by atoms with Gasteiger partial charge in [-0.25, -0.2) is 4.68 Å². The van der Waals surface area contributed by atoms with Gasteiger partial charge in [0.05, 0.1) is 32.3 Å². The summed E-state index contributed by atoms with van der Waals surface area (Å²) in [6, 6.07) is 32.2. The fourth-order valence-electron chi connectivity index (χ4n) is 7.18. The van der Waals surface area contributed by atoms with Crippen molar-refractivity contribution in [1.82, 2.24) is 19.3 Å². The second kappa shape index (κ2) is 19.1. The van der Waals surface area contributed by atoms with Crippen LogP contribution >= 0.6 is 11.6 Å². The molecule has 59 heavy (non-hydrogen) atoms. The molecule has 7 rings (SSSR count). The van der Waals surface area contributed by atoms with E-state index in [0.717, 1.165) is 57.4 Å². The van der Waals surface area contributed by atoms with Crippen LogP contribution in [-0.2, 0) is 57.4 Å². The lowest BCUT2D eigenvalue weighted by atomic mass is 9.85. The number of esters is 1. The molecule has 0 amide bonds. The molecule has 0 N–H and O–H groups in total. The number of ether oxygens (including phenoxy) is 4. The van der Waals surface area contributed by atoms with Crippen molar-refractivity contribution in [1.29, 1.82) is 0 Å². The molecule has 2 heterocycles. The molecule has 12 nitrogen and oxygen atoms in total. The van der Waals surface area contributed by atoms with Gasteiger partial charge in [-0.3, -0.25) is 4.79 Å². The first kappa shape index (κ1) is 41.7. The molecule has 1 atom stereocenters. The van der Waals surface area contributed by atoms with Gasteiger partial charge in [0.1, 0.15) is 29.4 Å². The summed E-state index contributed by atoms with van der Waals surface area (Å²) in [6.07, 6.45) is 1.76. The Kier molecular flexibility index (Phi) is 13.5. The van der Waals surface area contributed by atoms with Crippen LogP contribution in [0.4, 0.5) is 0 Å². The molecular formula is C45H47ClN4O8S. The van der Waals surface area contributed by atoms with Gasteiger partial charge >= 0.3 is 16.3 Å². The lowest BCUT2D eigenvalue weighted by molar-refractivity contribution is -0.143. The van der Waals surface area contributed by atoms with Gasteiger partial charge in [-0.05, 0) is 103 Å². The fraction of sp³-hybridized carbons (Fsp3) is 0.311. The van der Waals surface area contributed by atoms with Crippen LogP contribution in [0.3, 0.4) is 0 Å². The number of aromatic nitrogens is 3. The molecule has 1 aliphatic heterocycles. The standard InChI is InChI=1S/C45H47ClN4O8S/c1-4-56-44(51)26-40(39-18-20-42-45(31(39)2)47-48-50(42)22-8-9-23-55-29-33-12-15-37(54-3)16-13-33)34-14-19-41(46)35(24-34)27-49-28-36-25-38(17-21-43(36)58-59(49,52)53)57-30-32-10-6-5-7-11-32/h5-7,10-21,24-25,40H,4,8-9,22-23,26-30H2,1-3H3. The SMILES string of the molecule is CCOC(=O)CC(c1ccc(Cl)c(CN2Cc3cc(OCc4ccccc4)ccc3OS2(=O)=O)c1)c1ccc2c(nnn2CCCCOCc2ccc(OC)cc2)c1C. The third kappa shape index (κ3) is 10.2. The van der Waals surface area contributed by atoms with E-state index >= 15 is 0 Å². The number of carbonyl (C=O) groups is 1. The van der Waals surface area contributed by atoms with E-state index in [9.17, 15) is 13.2 Å². The molecule has 5 aromatic carbocycles. The summed E-state index contributed by atoms with van der Waals surface area (Å²) >= 11 is 6.75. The maximum atomic E-state index is 13.4. The van der Waals surface area contributed by atoms with Crippen molar-refractivity contribution in [3.05, 3.63) is 147 Å². The zero-order valence-corrected chi connectivity index (χ0v) is 34.9. The lowest BCUT2D eigenvalue weighted by Crippen LogP contribution is -2.37. The van der Waals surface area contributed by atoms with E-state index in [-0.39, 0.29) is 37.8 Å². The van der Waals surface area contributed by atoms with Gasteiger partial charge in [0.15, 0.2) is 0 Å². The molecule has 1 aromatic heterocycles. The molecule has 1 aliphatic rings. The second-order valence-electron chi connectivity index (χ2n) is 14.3. The Labute approximate surface area is 349 Å². The van der Waals surface area contributed by atoms with E-state index < -0.39 is 16.2 Å². The van der Waals surface area contributed by atoms with Gasteiger partial charge in [-0.1, -0.05) is 77.5 Å². The van der Waals surface area contributed by atoms with Gasteiger partial charge in [-0.15, -0.1) is 5.10 Å². The van der Waals surface area contributed by atoms with Crippen LogP contribution in [0.1, 0.15) is 71.0 Å². The molecule has 0 fully saturated rings. The van der Waals surface area contributed by atoms with Gasteiger partial charge in [0.25, 0.3) is 0 Å². The van der Waals surface area contributed by atoms with Crippen molar-refractivity contribution >= 4 is 38.9 Å². The molecule has 308 valence electrons. The Balaban J connectivity index is 1.06. The predicted octanol–water partition coefficient (Wildman–Crippen LogP) is 8.70. The lowest BCUT2D eigenvalue weighted by Gasteiger charge is -2.28. The molecule has 0 radical (unpaired) electrons. The highest BCUT2D eigenvalue weighted by molar-refractivity contribution is 7.84. The molecule has 14 heteroatoms. The zero-order chi connectivity index (χ0) is 41.4. The third-order valence-corrected chi connectivity index (χ3v) is 12.0. The minimum atomic E-state index is -4.15. The topological polar surface area (TPSA) is 131 Å². The summed E-state index contributed by atoms with van der Waals surface area (Å²) in [4.78, 5) is 13.1. The summed E-state index contributed by atoms with van der Waals surface area (Å²) in [5.74, 6) is 0.856. The monoisotopic (exact) mass is 838 g/mol. The quantitative estimate of drug-likeness (QED) is 0.0612. The number of unbranched alkanes of at least 4 members (excludes halogenated alkanes) is 1. The number of rotatable bonds is 18. The molecular weight excluding hydrogens is 792 g/mol. The van der Waals surface area contributed by atoms with Crippen LogP contribution < -0.4 is 13.7 Å². The van der Waals surface area contributed by atoms with Crippen LogP contribution in [0, 0.1) is 6.92 Å². The maximum Gasteiger partial charge on any atom is 0.385 e. The third-order valence-electron chi connectivity index (χ3n) is 10.3. The Hall–Kier alpha value is -5.47. The van der Waals surface area contributed by atoms with Crippen LogP contribution in [0.25, 0.3) is 11.0 Å². The molecule has 0 bridgehead atoms. The number of hydrogen-bond donors (Lipinski definition) is 0. The van der Waals surface area contributed by atoms with E-state index in [1.807, 2.05) is 90.5 Å². The van der Waals surface area contributed by atoms with Gasteiger partial charge < -0.3 is 23.1 Å². The minimum absolute atomic E-state index is 0.0508. The van der Waals surface area contributed by atoms with Crippen LogP contribution in [-0.4, -0.2) is 54.0 Å². The number of benzene rings is 5. The number of nitrogens with zero attached hydrogens (tertiary/aromatic N) is 4. The van der Waals surface area contributed by atoms with Crippen molar-refractivity contribution in [2.75, 3.05) is 20.3 Å². The van der Waals surface area contributed by atoms with E-state index in [4.69, 9.17) is 34.7 Å². The van der Waals surface area contributed by atoms with E-state index in [1.54, 1.807) is 38.3 Å². The highest BCUT2D eigenvalue weighted by Gasteiger charge is 2.33. The van der Waals surface area contributed by atoms with Crippen molar-refractivity contribution in [2.45, 2.75) is 71.9 Å². The van der Waals surface area contributed by atoms with Crippen molar-refractivity contribution in [3.63, 3.8) is 0 Å². The van der Waals surface area contributed by atoms with Crippen molar-refractivity contribution < 1.29 is 36.3 Å². The Morgan fingerprint density at radius 2 is 1.69 bits per heavy atom. The number of fused-ring (bicyclic) bond motifs is 2. The second-order valence-corrected chi connectivity index (χ2v) is 16.3. The molecule has 0 saturated carbocycles. The highest BCUT2D eigenvalue weighted by Crippen LogP contribution is 2.38. The molecule has 0 saturated heterocycles. The molecule has 0 spiro atoms. The highest BCUT2D eigenvalue weighted by atomic mass is 35.5. The molecule has 6 aromatic rings. The molecule has 0 aliphatic carbocycles. The van der Waals surface area contributed by atoms with Crippen LogP contribution in [0.5, 0.6) is 17.2 Å². The first-order valence-corrected chi connectivity index (χ1v) is 21.3. The first-order chi connectivity index (χ1) is 28.6. The first-order valence-electron chi connectivity index (χ1n) is 19.6. The van der Waals surface area contributed by atoms with Crippen LogP contribution in [0.15, 0.2) is 103 Å². The summed E-state index contributed by atoms with van der Waals surface area (Å²) in [5, 5.41) is 9.41. The van der Waals surface area contributed by atoms with Crippen molar-refractivity contribution in [3.8, 4) is 17.2 Å². The van der Waals surface area contributed by atoms with E-state index in [1.165, 1.54) is 4.31 Å². The van der Waals surface area contributed by atoms with E-state index in [2.05, 4.69) is 10.3 Å². The van der Waals surface area contributed by atoms with Gasteiger partial charge in [-0.2, -0.15) is 12.7 Å². The normalized spacial score (nSPS) is 14.0.